The van der Waals surface area contributed by atoms with Gasteiger partial charge in [-0.05, 0) is 30.7 Å². The Morgan fingerprint density at radius 3 is 2.75 bits per heavy atom. The summed E-state index contributed by atoms with van der Waals surface area (Å²) in [6, 6.07) is 14.3. The Morgan fingerprint density at radius 1 is 1.20 bits per heavy atom. The predicted molar refractivity (Wildman–Crippen MR) is 82.4 cm³/mol. The molecule has 0 saturated carbocycles. The summed E-state index contributed by atoms with van der Waals surface area (Å²) in [5.74, 6) is 0. The van der Waals surface area contributed by atoms with Crippen LogP contribution < -0.4 is 10.7 Å². The number of nitrogens with one attached hydrogen (secondary N) is 2. The molecular weight excluding hydrogens is 274 g/mol. The molecule has 5 heteroatoms. The highest BCUT2D eigenvalue weighted by Crippen LogP contribution is 2.14. The van der Waals surface area contributed by atoms with E-state index in [9.17, 15) is 4.79 Å². The lowest BCUT2D eigenvalue weighted by atomic mass is 10.2. The zero-order chi connectivity index (χ0) is 14.4. The SMILES string of the molecule is Cc1cccc(/C=N\NC(=O)Nc2cccc(Cl)c2)c1. The fraction of sp³-hybridized carbons (Fsp3) is 0.0667. The van der Waals surface area contributed by atoms with Gasteiger partial charge in [0.05, 0.1) is 6.21 Å². The highest BCUT2D eigenvalue weighted by atomic mass is 35.5. The van der Waals surface area contributed by atoms with E-state index >= 15 is 0 Å². The van der Waals surface area contributed by atoms with Crippen molar-refractivity contribution in [1.82, 2.24) is 5.43 Å². The topological polar surface area (TPSA) is 53.5 Å². The molecule has 0 aliphatic carbocycles. The molecule has 0 radical (unpaired) electrons. The second-order valence-corrected chi connectivity index (χ2v) is 4.69. The second-order valence-electron chi connectivity index (χ2n) is 4.25. The Bertz CT molecular complexity index is 641. The van der Waals surface area contributed by atoms with Gasteiger partial charge in [-0.2, -0.15) is 5.10 Å². The molecule has 0 aliphatic heterocycles. The number of benzene rings is 2. The fourth-order valence-corrected chi connectivity index (χ4v) is 1.83. The van der Waals surface area contributed by atoms with Crippen LogP contribution in [-0.4, -0.2) is 12.2 Å². The van der Waals surface area contributed by atoms with Gasteiger partial charge in [-0.25, -0.2) is 10.2 Å². The van der Waals surface area contributed by atoms with Crippen LogP contribution in [-0.2, 0) is 0 Å². The first kappa shape index (κ1) is 14.1. The standard InChI is InChI=1S/C15H14ClN3O/c1-11-4-2-5-12(8-11)10-17-19-15(20)18-14-7-3-6-13(16)9-14/h2-10H,1H3,(H2,18,19,20)/b17-10-. The van der Waals surface area contributed by atoms with E-state index in [1.54, 1.807) is 30.5 Å². The molecule has 2 N–H and O–H groups in total. The molecule has 2 rings (SSSR count). The maximum atomic E-state index is 11.6. The maximum absolute atomic E-state index is 11.6. The summed E-state index contributed by atoms with van der Waals surface area (Å²) in [7, 11) is 0. The van der Waals surface area contributed by atoms with E-state index in [0.717, 1.165) is 11.1 Å². The summed E-state index contributed by atoms with van der Waals surface area (Å²) in [6.45, 7) is 2.00. The Morgan fingerprint density at radius 2 is 2.00 bits per heavy atom. The van der Waals surface area contributed by atoms with Gasteiger partial charge < -0.3 is 5.32 Å². The Kier molecular flexibility index (Phi) is 4.74. The normalized spacial score (nSPS) is 10.5. The Labute approximate surface area is 122 Å². The maximum Gasteiger partial charge on any atom is 0.339 e. The lowest BCUT2D eigenvalue weighted by molar-refractivity contribution is 0.252. The van der Waals surface area contributed by atoms with Gasteiger partial charge in [0.2, 0.25) is 0 Å². The minimum atomic E-state index is -0.420. The van der Waals surface area contributed by atoms with Crippen molar-refractivity contribution in [1.29, 1.82) is 0 Å². The number of hydrazone groups is 1. The van der Waals surface area contributed by atoms with Crippen LogP contribution in [0.1, 0.15) is 11.1 Å². The summed E-state index contributed by atoms with van der Waals surface area (Å²) in [5, 5.41) is 7.07. The fourth-order valence-electron chi connectivity index (χ4n) is 1.64. The van der Waals surface area contributed by atoms with Gasteiger partial charge in [-0.3, -0.25) is 0 Å². The van der Waals surface area contributed by atoms with Crippen molar-refractivity contribution < 1.29 is 4.79 Å². The van der Waals surface area contributed by atoms with E-state index in [2.05, 4.69) is 15.8 Å². The predicted octanol–water partition coefficient (Wildman–Crippen LogP) is 3.80. The van der Waals surface area contributed by atoms with Gasteiger partial charge >= 0.3 is 6.03 Å². The highest BCUT2D eigenvalue weighted by molar-refractivity contribution is 6.30. The van der Waals surface area contributed by atoms with Crippen LogP contribution in [0.25, 0.3) is 0 Å². The van der Waals surface area contributed by atoms with Gasteiger partial charge in [0.15, 0.2) is 0 Å². The summed E-state index contributed by atoms with van der Waals surface area (Å²) < 4.78 is 0. The first-order valence-corrected chi connectivity index (χ1v) is 6.43. The lowest BCUT2D eigenvalue weighted by Crippen LogP contribution is -2.24. The number of rotatable bonds is 3. The molecule has 0 aromatic heterocycles. The average molecular weight is 288 g/mol. The minimum absolute atomic E-state index is 0.420. The van der Waals surface area contributed by atoms with Crippen molar-refractivity contribution in [3.05, 3.63) is 64.7 Å². The van der Waals surface area contributed by atoms with Crippen LogP contribution in [0.4, 0.5) is 10.5 Å². The summed E-state index contributed by atoms with van der Waals surface area (Å²) in [4.78, 5) is 11.6. The number of hydrogen-bond donors (Lipinski definition) is 2. The summed E-state index contributed by atoms with van der Waals surface area (Å²) >= 11 is 5.83. The largest absolute Gasteiger partial charge is 0.339 e. The monoisotopic (exact) mass is 287 g/mol. The molecule has 20 heavy (non-hydrogen) atoms. The van der Waals surface area contributed by atoms with Gasteiger partial charge in [0.25, 0.3) is 0 Å². The van der Waals surface area contributed by atoms with Crippen LogP contribution in [0.2, 0.25) is 5.02 Å². The Balaban J connectivity index is 1.89. The zero-order valence-electron chi connectivity index (χ0n) is 10.9. The third kappa shape index (κ3) is 4.40. The van der Waals surface area contributed by atoms with Crippen LogP contribution in [0, 0.1) is 6.92 Å². The third-order valence-corrected chi connectivity index (χ3v) is 2.74. The van der Waals surface area contributed by atoms with Crippen LogP contribution in [0.3, 0.4) is 0 Å². The second kappa shape index (κ2) is 6.73. The molecule has 0 bridgehead atoms. The number of urea groups is 1. The van der Waals surface area contributed by atoms with Crippen LogP contribution in [0.15, 0.2) is 53.6 Å². The minimum Gasteiger partial charge on any atom is -0.306 e. The molecular formula is C15H14ClN3O. The lowest BCUT2D eigenvalue weighted by Gasteiger charge is -2.04. The van der Waals surface area contributed by atoms with Crippen molar-refractivity contribution >= 4 is 29.5 Å². The van der Waals surface area contributed by atoms with Gasteiger partial charge in [-0.15, -0.1) is 0 Å². The third-order valence-electron chi connectivity index (χ3n) is 2.50. The number of amides is 2. The summed E-state index contributed by atoms with van der Waals surface area (Å²) in [5.41, 5.74) is 5.07. The van der Waals surface area contributed by atoms with Crippen molar-refractivity contribution in [3.8, 4) is 0 Å². The number of carbonyl (C=O) groups excluding carboxylic acids is 1. The molecule has 2 aromatic rings. The van der Waals surface area contributed by atoms with E-state index in [-0.39, 0.29) is 0 Å². The molecule has 0 saturated heterocycles. The molecule has 0 spiro atoms. The first-order chi connectivity index (χ1) is 9.63. The molecule has 0 heterocycles. The number of carbonyl (C=O) groups is 1. The number of halogens is 1. The van der Waals surface area contributed by atoms with E-state index in [1.165, 1.54) is 0 Å². The highest BCUT2D eigenvalue weighted by Gasteiger charge is 1.99. The molecule has 2 amide bonds. The Hall–Kier alpha value is -2.33. The van der Waals surface area contributed by atoms with E-state index in [0.29, 0.717) is 10.7 Å². The van der Waals surface area contributed by atoms with Crippen LogP contribution >= 0.6 is 11.6 Å². The van der Waals surface area contributed by atoms with Crippen molar-refractivity contribution in [2.75, 3.05) is 5.32 Å². The zero-order valence-corrected chi connectivity index (χ0v) is 11.7. The molecule has 102 valence electrons. The smallest absolute Gasteiger partial charge is 0.306 e. The number of hydrogen-bond acceptors (Lipinski definition) is 2. The number of anilines is 1. The number of aryl methyl sites for hydroxylation is 1. The van der Waals surface area contributed by atoms with Gasteiger partial charge in [0, 0.05) is 10.7 Å². The van der Waals surface area contributed by atoms with E-state index < -0.39 is 6.03 Å². The van der Waals surface area contributed by atoms with E-state index in [1.807, 2.05) is 31.2 Å². The molecule has 0 aliphatic rings. The molecule has 2 aromatic carbocycles. The number of nitrogens with zero attached hydrogens (tertiary/aromatic N) is 1. The van der Waals surface area contributed by atoms with Crippen molar-refractivity contribution in [3.63, 3.8) is 0 Å². The molecule has 0 atom stereocenters. The molecule has 0 unspecified atom stereocenters. The van der Waals surface area contributed by atoms with Crippen molar-refractivity contribution in [2.24, 2.45) is 5.10 Å². The average Bonchev–Trinajstić information content (AvgIpc) is 2.38. The first-order valence-electron chi connectivity index (χ1n) is 6.06. The van der Waals surface area contributed by atoms with Crippen molar-refractivity contribution in [2.45, 2.75) is 6.92 Å². The molecule has 0 fully saturated rings. The summed E-state index contributed by atoms with van der Waals surface area (Å²) in [6.07, 6.45) is 1.59. The van der Waals surface area contributed by atoms with E-state index in [4.69, 9.17) is 11.6 Å². The van der Waals surface area contributed by atoms with Gasteiger partial charge in [-0.1, -0.05) is 47.5 Å². The van der Waals surface area contributed by atoms with Gasteiger partial charge in [0.1, 0.15) is 0 Å². The van der Waals surface area contributed by atoms with Crippen LogP contribution in [0.5, 0.6) is 0 Å². The quantitative estimate of drug-likeness (QED) is 0.655. The molecule has 4 nitrogen and oxygen atoms in total.